The maximum absolute atomic E-state index is 12.9. The van der Waals surface area contributed by atoms with Gasteiger partial charge in [0, 0.05) is 49.4 Å². The van der Waals surface area contributed by atoms with E-state index in [9.17, 15) is 4.79 Å². The molecule has 0 saturated carbocycles. The van der Waals surface area contributed by atoms with E-state index in [1.807, 2.05) is 42.1 Å². The van der Waals surface area contributed by atoms with Gasteiger partial charge in [-0.25, -0.2) is 4.98 Å². The van der Waals surface area contributed by atoms with Gasteiger partial charge in [-0.3, -0.25) is 9.48 Å². The second-order valence-electron chi connectivity index (χ2n) is 6.62. The van der Waals surface area contributed by atoms with Crippen LogP contribution in [0.3, 0.4) is 0 Å². The van der Waals surface area contributed by atoms with E-state index < -0.39 is 0 Å². The average Bonchev–Trinajstić information content (AvgIpc) is 3.25. The lowest BCUT2D eigenvalue weighted by atomic mass is 10.0. The summed E-state index contributed by atoms with van der Waals surface area (Å²) < 4.78 is 7.05. The number of aromatic nitrogens is 3. The number of amides is 1. The second-order valence-corrected chi connectivity index (χ2v) is 6.62. The molecular formula is C19H21N5O2. The summed E-state index contributed by atoms with van der Waals surface area (Å²) in [6.45, 7) is 1.08. The first kappa shape index (κ1) is 16.5. The summed E-state index contributed by atoms with van der Waals surface area (Å²) in [5, 5.41) is 5.14. The fraction of sp³-hybridized carbons (Fsp3) is 0.316. The van der Waals surface area contributed by atoms with Gasteiger partial charge in [-0.05, 0) is 30.3 Å². The highest BCUT2D eigenvalue weighted by Gasteiger charge is 2.36. The third-order valence-corrected chi connectivity index (χ3v) is 5.01. The Morgan fingerprint density at radius 1 is 1.23 bits per heavy atom. The Kier molecular flexibility index (Phi) is 4.08. The SMILES string of the molecule is COc1ccc2nc(C(=O)N3C[C@@H](N)[C@H](c4ccnn4C)C3)ccc2c1. The van der Waals surface area contributed by atoms with E-state index in [0.717, 1.165) is 22.3 Å². The van der Waals surface area contributed by atoms with Crippen LogP contribution in [-0.2, 0) is 7.05 Å². The molecule has 1 aliphatic rings. The van der Waals surface area contributed by atoms with E-state index in [1.165, 1.54) is 0 Å². The van der Waals surface area contributed by atoms with Crippen molar-refractivity contribution in [2.45, 2.75) is 12.0 Å². The molecule has 7 nitrogen and oxygen atoms in total. The minimum Gasteiger partial charge on any atom is -0.497 e. The third-order valence-electron chi connectivity index (χ3n) is 5.01. The van der Waals surface area contributed by atoms with Crippen molar-refractivity contribution in [3.8, 4) is 5.75 Å². The van der Waals surface area contributed by atoms with Gasteiger partial charge in [0.25, 0.3) is 5.91 Å². The van der Waals surface area contributed by atoms with E-state index in [0.29, 0.717) is 18.8 Å². The molecule has 1 aliphatic heterocycles. The highest BCUT2D eigenvalue weighted by Crippen LogP contribution is 2.27. The molecule has 3 heterocycles. The number of fused-ring (bicyclic) bond motifs is 1. The molecule has 1 amide bonds. The molecule has 134 valence electrons. The number of pyridine rings is 1. The van der Waals surface area contributed by atoms with Crippen LogP contribution < -0.4 is 10.5 Å². The van der Waals surface area contributed by atoms with E-state index in [2.05, 4.69) is 10.1 Å². The molecular weight excluding hydrogens is 330 g/mol. The molecule has 2 aromatic heterocycles. The monoisotopic (exact) mass is 351 g/mol. The largest absolute Gasteiger partial charge is 0.497 e. The number of nitrogens with two attached hydrogens (primary N) is 1. The van der Waals surface area contributed by atoms with Crippen molar-refractivity contribution < 1.29 is 9.53 Å². The van der Waals surface area contributed by atoms with Crippen LogP contribution in [0.5, 0.6) is 5.75 Å². The molecule has 1 fully saturated rings. The number of rotatable bonds is 3. The minimum atomic E-state index is -0.112. The van der Waals surface area contributed by atoms with Crippen LogP contribution in [0.15, 0.2) is 42.6 Å². The van der Waals surface area contributed by atoms with Gasteiger partial charge in [0.05, 0.1) is 12.6 Å². The Balaban J connectivity index is 1.58. The summed E-state index contributed by atoms with van der Waals surface area (Å²) in [5.74, 6) is 0.752. The zero-order chi connectivity index (χ0) is 18.3. The van der Waals surface area contributed by atoms with Gasteiger partial charge in [0.15, 0.2) is 0 Å². The van der Waals surface area contributed by atoms with Crippen molar-refractivity contribution in [1.82, 2.24) is 19.7 Å². The molecule has 4 rings (SSSR count). The van der Waals surface area contributed by atoms with Gasteiger partial charge in [-0.2, -0.15) is 5.10 Å². The summed E-state index contributed by atoms with van der Waals surface area (Å²) in [7, 11) is 3.52. The number of benzene rings is 1. The lowest BCUT2D eigenvalue weighted by Crippen LogP contribution is -2.32. The van der Waals surface area contributed by atoms with Gasteiger partial charge in [0.1, 0.15) is 11.4 Å². The molecule has 7 heteroatoms. The number of carbonyl (C=O) groups is 1. The Hall–Kier alpha value is -2.93. The van der Waals surface area contributed by atoms with Gasteiger partial charge in [0.2, 0.25) is 0 Å². The maximum Gasteiger partial charge on any atom is 0.272 e. The lowest BCUT2D eigenvalue weighted by Gasteiger charge is -2.16. The lowest BCUT2D eigenvalue weighted by molar-refractivity contribution is 0.0783. The van der Waals surface area contributed by atoms with E-state index in [4.69, 9.17) is 10.5 Å². The second kappa shape index (κ2) is 6.42. The fourth-order valence-electron chi connectivity index (χ4n) is 3.57. The first-order chi connectivity index (χ1) is 12.6. The molecule has 2 N–H and O–H groups in total. The average molecular weight is 351 g/mol. The number of likely N-dealkylation sites (tertiary alicyclic amines) is 1. The van der Waals surface area contributed by atoms with Crippen molar-refractivity contribution in [2.75, 3.05) is 20.2 Å². The van der Waals surface area contributed by atoms with Crippen LogP contribution >= 0.6 is 0 Å². The maximum atomic E-state index is 12.9. The molecule has 3 aromatic rings. The first-order valence-corrected chi connectivity index (χ1v) is 8.54. The summed E-state index contributed by atoms with van der Waals surface area (Å²) in [6.07, 6.45) is 1.76. The summed E-state index contributed by atoms with van der Waals surface area (Å²) in [5.41, 5.74) is 8.54. The number of methoxy groups -OCH3 is 1. The molecule has 1 aromatic carbocycles. The minimum absolute atomic E-state index is 0.0798. The van der Waals surface area contributed by atoms with Crippen LogP contribution in [0.4, 0.5) is 0 Å². The van der Waals surface area contributed by atoms with Gasteiger partial charge < -0.3 is 15.4 Å². The van der Waals surface area contributed by atoms with Gasteiger partial charge in [-0.15, -0.1) is 0 Å². The van der Waals surface area contributed by atoms with Crippen LogP contribution in [0.1, 0.15) is 22.1 Å². The molecule has 1 saturated heterocycles. The van der Waals surface area contributed by atoms with Crippen LogP contribution in [-0.4, -0.2) is 51.8 Å². The number of hydrogen-bond donors (Lipinski definition) is 1. The highest BCUT2D eigenvalue weighted by molar-refractivity contribution is 5.95. The summed E-state index contributed by atoms with van der Waals surface area (Å²) >= 11 is 0. The van der Waals surface area contributed by atoms with Crippen molar-refractivity contribution in [1.29, 1.82) is 0 Å². The van der Waals surface area contributed by atoms with Crippen LogP contribution in [0.2, 0.25) is 0 Å². The standard InChI is InChI=1S/C19H21N5O2/c1-23-18(7-8-21-23)14-10-24(11-15(14)20)19(25)17-5-3-12-9-13(26-2)4-6-16(12)22-17/h3-9,14-15H,10-11,20H2,1-2H3/t14-,15-/m1/s1. The quantitative estimate of drug-likeness (QED) is 0.774. The van der Waals surface area contributed by atoms with Crippen molar-refractivity contribution in [2.24, 2.45) is 12.8 Å². The molecule has 0 bridgehead atoms. The Morgan fingerprint density at radius 3 is 2.81 bits per heavy atom. The number of nitrogens with zero attached hydrogens (tertiary/aromatic N) is 4. The van der Waals surface area contributed by atoms with Gasteiger partial charge in [-0.1, -0.05) is 6.07 Å². The molecule has 0 spiro atoms. The van der Waals surface area contributed by atoms with E-state index in [1.54, 1.807) is 24.3 Å². The summed E-state index contributed by atoms with van der Waals surface area (Å²) in [4.78, 5) is 19.2. The van der Waals surface area contributed by atoms with Crippen LogP contribution in [0, 0.1) is 0 Å². The van der Waals surface area contributed by atoms with E-state index >= 15 is 0 Å². The van der Waals surface area contributed by atoms with Crippen LogP contribution in [0.25, 0.3) is 10.9 Å². The number of carbonyl (C=O) groups excluding carboxylic acids is 1. The Labute approximate surface area is 151 Å². The zero-order valence-corrected chi connectivity index (χ0v) is 14.8. The number of hydrogen-bond acceptors (Lipinski definition) is 5. The van der Waals surface area contributed by atoms with Gasteiger partial charge >= 0.3 is 0 Å². The number of ether oxygens (including phenoxy) is 1. The Morgan fingerprint density at radius 2 is 2.08 bits per heavy atom. The molecule has 0 unspecified atom stereocenters. The van der Waals surface area contributed by atoms with E-state index in [-0.39, 0.29) is 17.9 Å². The van der Waals surface area contributed by atoms with Crippen molar-refractivity contribution in [3.05, 3.63) is 54.0 Å². The van der Waals surface area contributed by atoms with Crippen molar-refractivity contribution in [3.63, 3.8) is 0 Å². The highest BCUT2D eigenvalue weighted by atomic mass is 16.5. The normalized spacial score (nSPS) is 19.9. The summed E-state index contributed by atoms with van der Waals surface area (Å²) in [6, 6.07) is 11.1. The zero-order valence-electron chi connectivity index (χ0n) is 14.8. The van der Waals surface area contributed by atoms with Crippen molar-refractivity contribution >= 4 is 16.8 Å². The molecule has 0 aliphatic carbocycles. The number of aryl methyl sites for hydroxylation is 1. The molecule has 2 atom stereocenters. The topological polar surface area (TPSA) is 86.3 Å². The predicted molar refractivity (Wildman–Crippen MR) is 98.1 cm³/mol. The fourth-order valence-corrected chi connectivity index (χ4v) is 3.57. The smallest absolute Gasteiger partial charge is 0.272 e. The third kappa shape index (κ3) is 2.80. The predicted octanol–water partition coefficient (Wildman–Crippen LogP) is 1.54. The first-order valence-electron chi connectivity index (χ1n) is 8.54. The molecule has 26 heavy (non-hydrogen) atoms. The molecule has 0 radical (unpaired) electrons. The Bertz CT molecular complexity index is 967.